The second kappa shape index (κ2) is 13.3. The lowest BCUT2D eigenvalue weighted by molar-refractivity contribution is -0.132. The number of rotatable bonds is 12. The molecule has 4 aromatic rings. The van der Waals surface area contributed by atoms with Crippen molar-refractivity contribution in [2.45, 2.75) is 39.3 Å². The van der Waals surface area contributed by atoms with Gasteiger partial charge in [-0.2, -0.15) is 0 Å². The quantitative estimate of drug-likeness (QED) is 0.206. The number of ether oxygens (including phenoxy) is 2. The Morgan fingerprint density at radius 1 is 0.897 bits per heavy atom. The summed E-state index contributed by atoms with van der Waals surface area (Å²) in [7, 11) is 3.23. The second-order valence-electron chi connectivity index (χ2n) is 9.59. The fraction of sp³-hybridized carbons (Fsp3) is 0.312. The van der Waals surface area contributed by atoms with Crippen molar-refractivity contribution >= 4 is 33.9 Å². The van der Waals surface area contributed by atoms with Crippen LogP contribution in [0, 0.1) is 0 Å². The molecular weight excluding hydrogens is 508 g/mol. The van der Waals surface area contributed by atoms with Crippen molar-refractivity contribution in [2.24, 2.45) is 0 Å². The smallest absolute Gasteiger partial charge is 0.254 e. The van der Waals surface area contributed by atoms with E-state index in [-0.39, 0.29) is 24.4 Å². The molecule has 1 unspecified atom stereocenters. The molecule has 7 heteroatoms. The first-order valence-corrected chi connectivity index (χ1v) is 14.1. The van der Waals surface area contributed by atoms with Crippen molar-refractivity contribution in [1.29, 1.82) is 0 Å². The Labute approximate surface area is 234 Å². The minimum atomic E-state index is -0.126. The summed E-state index contributed by atoms with van der Waals surface area (Å²) in [5.41, 5.74) is 1.64. The van der Waals surface area contributed by atoms with E-state index in [2.05, 4.69) is 0 Å². The molecule has 1 aromatic heterocycles. The molecule has 2 amide bonds. The third kappa shape index (κ3) is 6.98. The van der Waals surface area contributed by atoms with Gasteiger partial charge in [-0.3, -0.25) is 9.59 Å². The second-order valence-corrected chi connectivity index (χ2v) is 10.6. The average Bonchev–Trinajstić information content (AvgIpc) is 3.50. The maximum absolute atomic E-state index is 13.8. The Balaban J connectivity index is 1.54. The molecular formula is C32H36N2O4S. The van der Waals surface area contributed by atoms with Gasteiger partial charge in [0.15, 0.2) is 11.5 Å². The Kier molecular flexibility index (Phi) is 9.60. The topological polar surface area (TPSA) is 59.1 Å². The maximum Gasteiger partial charge on any atom is 0.254 e. The number of nitrogens with zero attached hydrogens (tertiary/aromatic N) is 2. The molecule has 0 aliphatic heterocycles. The summed E-state index contributed by atoms with van der Waals surface area (Å²) in [6.45, 7) is 5.08. The van der Waals surface area contributed by atoms with Gasteiger partial charge >= 0.3 is 0 Å². The highest BCUT2D eigenvalue weighted by Crippen LogP contribution is 2.28. The van der Waals surface area contributed by atoms with Crippen molar-refractivity contribution in [3.63, 3.8) is 0 Å². The first-order chi connectivity index (χ1) is 18.9. The normalized spacial score (nSPS) is 11.7. The van der Waals surface area contributed by atoms with Gasteiger partial charge in [0.2, 0.25) is 5.91 Å². The molecule has 4 rings (SSSR count). The monoisotopic (exact) mass is 544 g/mol. The van der Waals surface area contributed by atoms with Crippen molar-refractivity contribution in [3.8, 4) is 11.5 Å². The summed E-state index contributed by atoms with van der Waals surface area (Å²) in [6, 6.07) is 23.5. The van der Waals surface area contributed by atoms with E-state index in [0.717, 1.165) is 27.6 Å². The van der Waals surface area contributed by atoms with E-state index in [4.69, 9.17) is 9.47 Å². The molecule has 204 valence electrons. The number of carbonyl (C=O) groups is 2. The Morgan fingerprint density at radius 3 is 2.36 bits per heavy atom. The molecule has 1 heterocycles. The van der Waals surface area contributed by atoms with Crippen molar-refractivity contribution < 1.29 is 19.1 Å². The van der Waals surface area contributed by atoms with E-state index in [1.165, 1.54) is 0 Å². The van der Waals surface area contributed by atoms with E-state index in [0.29, 0.717) is 36.6 Å². The van der Waals surface area contributed by atoms with Crippen LogP contribution in [-0.4, -0.2) is 55.0 Å². The number of benzene rings is 3. The summed E-state index contributed by atoms with van der Waals surface area (Å²) in [5, 5.41) is 4.10. The van der Waals surface area contributed by atoms with Crippen LogP contribution in [0.4, 0.5) is 0 Å². The van der Waals surface area contributed by atoms with Crippen LogP contribution in [0.15, 0.2) is 78.2 Å². The number of fused-ring (bicyclic) bond motifs is 1. The lowest BCUT2D eigenvalue weighted by Gasteiger charge is -2.31. The van der Waals surface area contributed by atoms with Gasteiger partial charge in [0.25, 0.3) is 5.91 Å². The summed E-state index contributed by atoms with van der Waals surface area (Å²) in [5.74, 6) is 1.14. The molecule has 39 heavy (non-hydrogen) atoms. The van der Waals surface area contributed by atoms with Gasteiger partial charge in [0.05, 0.1) is 20.8 Å². The lowest BCUT2D eigenvalue weighted by Crippen LogP contribution is -2.46. The van der Waals surface area contributed by atoms with Crippen LogP contribution in [-0.2, 0) is 17.8 Å². The van der Waals surface area contributed by atoms with Crippen LogP contribution in [0.5, 0.6) is 11.5 Å². The van der Waals surface area contributed by atoms with Gasteiger partial charge in [-0.05, 0) is 71.8 Å². The van der Waals surface area contributed by atoms with Crippen molar-refractivity contribution in [3.05, 3.63) is 94.2 Å². The molecule has 6 nitrogen and oxygen atoms in total. The summed E-state index contributed by atoms with van der Waals surface area (Å²) in [4.78, 5) is 32.2. The number of thiophene rings is 1. The maximum atomic E-state index is 13.8. The molecule has 0 saturated carbocycles. The van der Waals surface area contributed by atoms with Crippen molar-refractivity contribution in [1.82, 2.24) is 9.80 Å². The van der Waals surface area contributed by atoms with Gasteiger partial charge in [0.1, 0.15) is 6.54 Å². The zero-order valence-corrected chi connectivity index (χ0v) is 23.9. The number of hydrogen-bond donors (Lipinski definition) is 0. The Bertz CT molecular complexity index is 1400. The third-order valence-corrected chi connectivity index (χ3v) is 7.94. The number of amides is 2. The van der Waals surface area contributed by atoms with Crippen molar-refractivity contribution in [2.75, 3.05) is 27.3 Å². The third-order valence-electron chi connectivity index (χ3n) is 7.08. The van der Waals surface area contributed by atoms with Gasteiger partial charge < -0.3 is 19.3 Å². The summed E-state index contributed by atoms with van der Waals surface area (Å²) >= 11 is 1.62. The largest absolute Gasteiger partial charge is 0.493 e. The zero-order chi connectivity index (χ0) is 27.8. The first kappa shape index (κ1) is 28.2. The molecule has 1 atom stereocenters. The van der Waals surface area contributed by atoms with Gasteiger partial charge in [0, 0.05) is 23.0 Å². The zero-order valence-electron chi connectivity index (χ0n) is 23.1. The minimum absolute atomic E-state index is 0.0258. The van der Waals surface area contributed by atoms with Crippen LogP contribution in [0.1, 0.15) is 41.1 Å². The van der Waals surface area contributed by atoms with Gasteiger partial charge in [-0.1, -0.05) is 49.4 Å². The Hall–Kier alpha value is -3.84. The molecule has 0 aliphatic carbocycles. The molecule has 0 bridgehead atoms. The molecule has 0 radical (unpaired) electrons. The van der Waals surface area contributed by atoms with Crippen LogP contribution < -0.4 is 9.47 Å². The minimum Gasteiger partial charge on any atom is -0.493 e. The van der Waals surface area contributed by atoms with E-state index in [1.807, 2.05) is 96.9 Å². The fourth-order valence-electron chi connectivity index (χ4n) is 4.56. The van der Waals surface area contributed by atoms with E-state index < -0.39 is 0 Å². The summed E-state index contributed by atoms with van der Waals surface area (Å²) in [6.07, 6.45) is 1.41. The lowest BCUT2D eigenvalue weighted by atomic mass is 10.1. The van der Waals surface area contributed by atoms with Gasteiger partial charge in [-0.15, -0.1) is 11.3 Å². The molecule has 0 saturated heterocycles. The predicted octanol–water partition coefficient (Wildman–Crippen LogP) is 6.43. The molecule has 0 aliphatic rings. The molecule has 0 spiro atoms. The summed E-state index contributed by atoms with van der Waals surface area (Å²) < 4.78 is 10.8. The molecule has 0 fully saturated rings. The van der Waals surface area contributed by atoms with Crippen LogP contribution in [0.2, 0.25) is 0 Å². The van der Waals surface area contributed by atoms with E-state index >= 15 is 0 Å². The first-order valence-electron chi connectivity index (χ1n) is 13.2. The molecule has 0 N–H and O–H groups in total. The van der Waals surface area contributed by atoms with Crippen LogP contribution in [0.3, 0.4) is 0 Å². The SMILES string of the molecule is CCC(C)N(CC(=O)N(CCc1ccc(OC)c(OC)c1)Cc1cccs1)C(=O)c1ccc2ccccc2c1. The van der Waals surface area contributed by atoms with E-state index in [1.54, 1.807) is 30.5 Å². The highest BCUT2D eigenvalue weighted by molar-refractivity contribution is 7.09. The standard InChI is InChI=1S/C32H36N2O4S/c1-5-23(2)34(32(36)27-14-13-25-9-6-7-10-26(25)20-27)22-31(35)33(21-28-11-8-18-39-28)17-16-24-12-15-29(37-3)30(19-24)38-4/h6-15,18-20,23H,5,16-17,21-22H2,1-4H3. The van der Waals surface area contributed by atoms with E-state index in [9.17, 15) is 9.59 Å². The fourth-order valence-corrected chi connectivity index (χ4v) is 5.28. The number of carbonyl (C=O) groups excluding carboxylic acids is 2. The highest BCUT2D eigenvalue weighted by Gasteiger charge is 2.26. The predicted molar refractivity (Wildman–Crippen MR) is 158 cm³/mol. The Morgan fingerprint density at radius 2 is 1.67 bits per heavy atom. The van der Waals surface area contributed by atoms with Crippen LogP contribution >= 0.6 is 11.3 Å². The van der Waals surface area contributed by atoms with Gasteiger partial charge in [-0.25, -0.2) is 0 Å². The molecule has 3 aromatic carbocycles. The number of hydrogen-bond acceptors (Lipinski definition) is 5. The number of methoxy groups -OCH3 is 2. The highest BCUT2D eigenvalue weighted by atomic mass is 32.1. The van der Waals surface area contributed by atoms with Crippen LogP contribution in [0.25, 0.3) is 10.8 Å². The average molecular weight is 545 g/mol.